The van der Waals surface area contributed by atoms with Crippen molar-refractivity contribution >= 4 is 0 Å². The third-order valence-corrected chi connectivity index (χ3v) is 4.01. The second kappa shape index (κ2) is 3.02. The van der Waals surface area contributed by atoms with Crippen molar-refractivity contribution in [2.24, 2.45) is 23.7 Å². The minimum Gasteiger partial charge on any atom is -0.393 e. The molecule has 1 heteroatoms. The van der Waals surface area contributed by atoms with Crippen LogP contribution in [0.1, 0.15) is 39.5 Å². The summed E-state index contributed by atoms with van der Waals surface area (Å²) in [6.07, 6.45) is 5.36. The predicted molar refractivity (Wildman–Crippen MR) is 49.8 cm³/mol. The SMILES string of the molecule is CC(C)[C@@H]1C2CCC(CC2)[C@H]1O. The number of hydrogen-bond donors (Lipinski definition) is 1. The summed E-state index contributed by atoms with van der Waals surface area (Å²) < 4.78 is 0. The summed E-state index contributed by atoms with van der Waals surface area (Å²) in [7, 11) is 0. The lowest BCUT2D eigenvalue weighted by Crippen LogP contribution is -2.46. The topological polar surface area (TPSA) is 20.2 Å². The summed E-state index contributed by atoms with van der Waals surface area (Å²) >= 11 is 0. The lowest BCUT2D eigenvalue weighted by atomic mass is 9.60. The third kappa shape index (κ3) is 1.19. The van der Waals surface area contributed by atoms with Crippen molar-refractivity contribution in [3.05, 3.63) is 0 Å². The average molecular weight is 168 g/mol. The molecule has 0 spiro atoms. The highest BCUT2D eigenvalue weighted by Crippen LogP contribution is 2.47. The fourth-order valence-electron chi connectivity index (χ4n) is 3.40. The molecule has 0 saturated heterocycles. The fourth-order valence-corrected chi connectivity index (χ4v) is 3.40. The molecule has 3 saturated carbocycles. The zero-order chi connectivity index (χ0) is 8.72. The van der Waals surface area contributed by atoms with Crippen LogP contribution in [0.25, 0.3) is 0 Å². The summed E-state index contributed by atoms with van der Waals surface area (Å²) in [5.41, 5.74) is 0. The van der Waals surface area contributed by atoms with Crippen LogP contribution in [0.15, 0.2) is 0 Å². The molecule has 0 aliphatic heterocycles. The molecule has 2 bridgehead atoms. The molecule has 0 unspecified atom stereocenters. The number of fused-ring (bicyclic) bond motifs is 3. The maximum Gasteiger partial charge on any atom is 0.0601 e. The Morgan fingerprint density at radius 3 is 1.83 bits per heavy atom. The van der Waals surface area contributed by atoms with E-state index in [0.29, 0.717) is 17.8 Å². The second-order valence-corrected chi connectivity index (χ2v) is 4.99. The zero-order valence-corrected chi connectivity index (χ0v) is 8.16. The second-order valence-electron chi connectivity index (χ2n) is 4.99. The van der Waals surface area contributed by atoms with E-state index in [9.17, 15) is 5.11 Å². The predicted octanol–water partition coefficient (Wildman–Crippen LogP) is 2.44. The van der Waals surface area contributed by atoms with Crippen molar-refractivity contribution in [1.82, 2.24) is 0 Å². The van der Waals surface area contributed by atoms with E-state index < -0.39 is 0 Å². The molecule has 0 aromatic heterocycles. The van der Waals surface area contributed by atoms with Gasteiger partial charge in [0, 0.05) is 0 Å². The maximum atomic E-state index is 10.0. The van der Waals surface area contributed by atoms with Crippen molar-refractivity contribution in [3.8, 4) is 0 Å². The van der Waals surface area contributed by atoms with Gasteiger partial charge in [0.05, 0.1) is 6.10 Å². The van der Waals surface area contributed by atoms with Crippen molar-refractivity contribution in [2.75, 3.05) is 0 Å². The van der Waals surface area contributed by atoms with Crippen LogP contribution in [0, 0.1) is 23.7 Å². The van der Waals surface area contributed by atoms with E-state index in [2.05, 4.69) is 13.8 Å². The Labute approximate surface area is 75.2 Å². The van der Waals surface area contributed by atoms with E-state index in [4.69, 9.17) is 0 Å². The molecular formula is C11H20O. The Kier molecular flexibility index (Phi) is 2.16. The quantitative estimate of drug-likeness (QED) is 0.637. The first-order valence-corrected chi connectivity index (χ1v) is 5.38. The van der Waals surface area contributed by atoms with Crippen LogP contribution in [0.2, 0.25) is 0 Å². The van der Waals surface area contributed by atoms with Gasteiger partial charge in [-0.25, -0.2) is 0 Å². The van der Waals surface area contributed by atoms with Crippen LogP contribution < -0.4 is 0 Å². The Hall–Kier alpha value is -0.0400. The highest BCUT2D eigenvalue weighted by Gasteiger charge is 2.43. The standard InChI is InChI=1S/C11H20O/c1-7(2)10-8-3-5-9(6-4-8)11(10)12/h7-12H,3-6H2,1-2H3/t8?,9?,10-,11-/m1/s1. The van der Waals surface area contributed by atoms with Gasteiger partial charge in [0.2, 0.25) is 0 Å². The van der Waals surface area contributed by atoms with Crippen LogP contribution in [0.5, 0.6) is 0 Å². The van der Waals surface area contributed by atoms with Gasteiger partial charge in [-0.1, -0.05) is 13.8 Å². The molecule has 0 aromatic carbocycles. The van der Waals surface area contributed by atoms with Crippen LogP contribution in [0.4, 0.5) is 0 Å². The zero-order valence-electron chi connectivity index (χ0n) is 8.16. The molecule has 0 aromatic rings. The number of aliphatic hydroxyl groups excluding tert-OH is 1. The third-order valence-electron chi connectivity index (χ3n) is 4.01. The van der Waals surface area contributed by atoms with Gasteiger partial charge in [-0.05, 0) is 49.4 Å². The van der Waals surface area contributed by atoms with Crippen molar-refractivity contribution < 1.29 is 5.11 Å². The van der Waals surface area contributed by atoms with Gasteiger partial charge >= 0.3 is 0 Å². The Bertz CT molecular complexity index is 154. The molecule has 0 radical (unpaired) electrons. The van der Waals surface area contributed by atoms with E-state index in [0.717, 1.165) is 5.92 Å². The van der Waals surface area contributed by atoms with Crippen molar-refractivity contribution in [1.29, 1.82) is 0 Å². The molecule has 1 nitrogen and oxygen atoms in total. The summed E-state index contributed by atoms with van der Waals surface area (Å²) in [5, 5.41) is 10.0. The minimum absolute atomic E-state index is 0.0255. The Balaban J connectivity index is 2.12. The van der Waals surface area contributed by atoms with E-state index in [1.54, 1.807) is 0 Å². The summed E-state index contributed by atoms with van der Waals surface area (Å²) in [6, 6.07) is 0. The van der Waals surface area contributed by atoms with Crippen LogP contribution in [-0.2, 0) is 0 Å². The van der Waals surface area contributed by atoms with Gasteiger partial charge in [0.1, 0.15) is 0 Å². The summed E-state index contributed by atoms with van der Waals surface area (Å²) in [4.78, 5) is 0. The monoisotopic (exact) mass is 168 g/mol. The molecule has 1 N–H and O–H groups in total. The number of hydrogen-bond acceptors (Lipinski definition) is 1. The van der Waals surface area contributed by atoms with Crippen molar-refractivity contribution in [2.45, 2.75) is 45.6 Å². The van der Waals surface area contributed by atoms with Gasteiger partial charge in [0.25, 0.3) is 0 Å². The van der Waals surface area contributed by atoms with Crippen LogP contribution in [0.3, 0.4) is 0 Å². The average Bonchev–Trinajstić information content (AvgIpc) is 2.05. The Morgan fingerprint density at radius 1 is 1.00 bits per heavy atom. The minimum atomic E-state index is 0.0255. The lowest BCUT2D eigenvalue weighted by molar-refractivity contribution is -0.0737. The van der Waals surface area contributed by atoms with Crippen LogP contribution in [-0.4, -0.2) is 11.2 Å². The molecule has 3 fully saturated rings. The van der Waals surface area contributed by atoms with Gasteiger partial charge < -0.3 is 5.11 Å². The number of rotatable bonds is 1. The maximum absolute atomic E-state index is 10.0. The van der Waals surface area contributed by atoms with E-state index in [1.807, 2.05) is 0 Å². The highest BCUT2D eigenvalue weighted by molar-refractivity contribution is 4.93. The Morgan fingerprint density at radius 2 is 1.50 bits per heavy atom. The summed E-state index contributed by atoms with van der Waals surface area (Å²) in [5.74, 6) is 2.76. The van der Waals surface area contributed by atoms with E-state index in [-0.39, 0.29) is 6.10 Å². The molecule has 2 atom stereocenters. The van der Waals surface area contributed by atoms with Gasteiger partial charge in [-0.2, -0.15) is 0 Å². The first-order chi connectivity index (χ1) is 5.70. The smallest absolute Gasteiger partial charge is 0.0601 e. The molecule has 0 heterocycles. The van der Waals surface area contributed by atoms with Crippen molar-refractivity contribution in [3.63, 3.8) is 0 Å². The van der Waals surface area contributed by atoms with E-state index >= 15 is 0 Å². The molecule has 70 valence electrons. The molecule has 3 rings (SSSR count). The van der Waals surface area contributed by atoms with E-state index in [1.165, 1.54) is 25.7 Å². The largest absolute Gasteiger partial charge is 0.393 e. The summed E-state index contributed by atoms with van der Waals surface area (Å²) in [6.45, 7) is 4.52. The molecule has 12 heavy (non-hydrogen) atoms. The van der Waals surface area contributed by atoms with Gasteiger partial charge in [-0.15, -0.1) is 0 Å². The van der Waals surface area contributed by atoms with Gasteiger partial charge in [0.15, 0.2) is 0 Å². The highest BCUT2D eigenvalue weighted by atomic mass is 16.3. The molecule has 3 aliphatic rings. The molecule has 0 amide bonds. The molecule has 3 aliphatic carbocycles. The molecular weight excluding hydrogens is 148 g/mol. The number of aliphatic hydroxyl groups is 1. The lowest BCUT2D eigenvalue weighted by Gasteiger charge is -2.48. The fraction of sp³-hybridized carbons (Fsp3) is 1.00. The van der Waals surface area contributed by atoms with Crippen LogP contribution >= 0.6 is 0 Å². The first-order valence-electron chi connectivity index (χ1n) is 5.38. The normalized spacial score (nSPS) is 47.0. The van der Waals surface area contributed by atoms with Gasteiger partial charge in [-0.3, -0.25) is 0 Å². The first kappa shape index (κ1) is 8.55.